The summed E-state index contributed by atoms with van der Waals surface area (Å²) in [5.74, 6) is -1.04. The molecule has 0 atom stereocenters. The van der Waals surface area contributed by atoms with Crippen LogP contribution in [0.2, 0.25) is 0 Å². The van der Waals surface area contributed by atoms with E-state index < -0.39 is 5.97 Å². The van der Waals surface area contributed by atoms with Crippen LogP contribution in [-0.2, 0) is 13.1 Å². The van der Waals surface area contributed by atoms with Crippen molar-refractivity contribution in [3.05, 3.63) is 51.6 Å². The molecular formula is C12H10BrFN2O3. The van der Waals surface area contributed by atoms with Crippen LogP contribution in [0.3, 0.4) is 0 Å². The molecule has 0 unspecified atom stereocenters. The number of halogens is 2. The second-order valence-electron chi connectivity index (χ2n) is 3.82. The van der Waals surface area contributed by atoms with E-state index in [2.05, 4.69) is 26.4 Å². The van der Waals surface area contributed by atoms with Gasteiger partial charge >= 0.3 is 5.97 Å². The van der Waals surface area contributed by atoms with Crippen LogP contribution in [0.4, 0.5) is 4.39 Å². The molecule has 100 valence electrons. The number of carboxylic acids is 1. The molecule has 2 N–H and O–H groups in total. The maximum Gasteiger partial charge on any atom is 0.358 e. The summed E-state index contributed by atoms with van der Waals surface area (Å²) >= 11 is 3.32. The van der Waals surface area contributed by atoms with E-state index in [1.165, 1.54) is 18.2 Å². The van der Waals surface area contributed by atoms with Crippen molar-refractivity contribution in [1.82, 2.24) is 10.5 Å². The predicted molar refractivity (Wildman–Crippen MR) is 68.1 cm³/mol. The summed E-state index contributed by atoms with van der Waals surface area (Å²) in [6.45, 7) is 0.727. The third kappa shape index (κ3) is 3.62. The van der Waals surface area contributed by atoms with Gasteiger partial charge in [0.25, 0.3) is 0 Å². The monoisotopic (exact) mass is 328 g/mol. The van der Waals surface area contributed by atoms with Gasteiger partial charge in [0.2, 0.25) is 0 Å². The smallest absolute Gasteiger partial charge is 0.358 e. The van der Waals surface area contributed by atoms with Crippen molar-refractivity contribution in [3.63, 3.8) is 0 Å². The van der Waals surface area contributed by atoms with Crippen molar-refractivity contribution in [1.29, 1.82) is 0 Å². The first-order valence-corrected chi connectivity index (χ1v) is 6.19. The Morgan fingerprint density at radius 3 is 2.89 bits per heavy atom. The van der Waals surface area contributed by atoms with Crippen molar-refractivity contribution < 1.29 is 18.8 Å². The second-order valence-corrected chi connectivity index (χ2v) is 4.68. The fraction of sp³-hybridized carbons (Fsp3) is 0.167. The van der Waals surface area contributed by atoms with Crippen LogP contribution in [0.5, 0.6) is 0 Å². The molecule has 0 aliphatic heterocycles. The molecule has 1 aromatic carbocycles. The molecule has 1 heterocycles. The molecule has 2 aromatic rings. The first kappa shape index (κ1) is 13.7. The molecule has 0 aliphatic carbocycles. The third-order valence-corrected chi connectivity index (χ3v) is 3.17. The van der Waals surface area contributed by atoms with Crippen molar-refractivity contribution >= 4 is 21.9 Å². The Balaban J connectivity index is 1.92. The van der Waals surface area contributed by atoms with Crippen molar-refractivity contribution in [2.24, 2.45) is 0 Å². The number of nitrogens with one attached hydrogen (secondary N) is 1. The molecule has 0 amide bonds. The number of hydrogen-bond acceptors (Lipinski definition) is 4. The van der Waals surface area contributed by atoms with Gasteiger partial charge in [0, 0.05) is 17.1 Å². The summed E-state index contributed by atoms with van der Waals surface area (Å²) in [4.78, 5) is 10.6. The lowest BCUT2D eigenvalue weighted by Gasteiger charge is -2.05. The number of benzene rings is 1. The van der Waals surface area contributed by atoms with Crippen LogP contribution in [0, 0.1) is 5.82 Å². The van der Waals surface area contributed by atoms with E-state index in [-0.39, 0.29) is 11.5 Å². The summed E-state index contributed by atoms with van der Waals surface area (Å²) < 4.78 is 18.7. The zero-order valence-corrected chi connectivity index (χ0v) is 11.3. The minimum absolute atomic E-state index is 0.135. The average molecular weight is 329 g/mol. The lowest BCUT2D eigenvalue weighted by molar-refractivity contribution is 0.0685. The second kappa shape index (κ2) is 5.94. The van der Waals surface area contributed by atoms with Crippen LogP contribution >= 0.6 is 15.9 Å². The van der Waals surface area contributed by atoms with E-state index in [4.69, 9.17) is 9.63 Å². The molecule has 0 bridgehead atoms. The maximum atomic E-state index is 13.0. The van der Waals surface area contributed by atoms with E-state index in [0.29, 0.717) is 18.8 Å². The molecule has 0 saturated heterocycles. The Hall–Kier alpha value is -1.73. The van der Waals surface area contributed by atoms with Gasteiger partial charge in [-0.25, -0.2) is 9.18 Å². The van der Waals surface area contributed by atoms with Gasteiger partial charge in [-0.1, -0.05) is 21.1 Å². The minimum atomic E-state index is -1.14. The number of carboxylic acid groups (broad SMARTS) is 1. The lowest BCUT2D eigenvalue weighted by atomic mass is 10.2. The van der Waals surface area contributed by atoms with Gasteiger partial charge in [-0.05, 0) is 23.8 Å². The zero-order chi connectivity index (χ0) is 13.8. The first-order valence-electron chi connectivity index (χ1n) is 5.40. The molecule has 5 nitrogen and oxygen atoms in total. The molecule has 0 aliphatic rings. The number of nitrogens with zero attached hydrogens (tertiary/aromatic N) is 1. The zero-order valence-electron chi connectivity index (χ0n) is 9.69. The Morgan fingerprint density at radius 2 is 2.21 bits per heavy atom. The van der Waals surface area contributed by atoms with Gasteiger partial charge in [0.05, 0.1) is 6.54 Å². The molecule has 0 radical (unpaired) electrons. The van der Waals surface area contributed by atoms with Gasteiger partial charge in [0.1, 0.15) is 5.82 Å². The molecule has 0 saturated carbocycles. The highest BCUT2D eigenvalue weighted by atomic mass is 79.9. The summed E-state index contributed by atoms with van der Waals surface area (Å²) in [6, 6.07) is 5.75. The van der Waals surface area contributed by atoms with E-state index in [1.807, 2.05) is 0 Å². The largest absolute Gasteiger partial charge is 0.476 e. The summed E-state index contributed by atoms with van der Waals surface area (Å²) in [6.07, 6.45) is 0. The fourth-order valence-corrected chi connectivity index (χ4v) is 1.88. The Morgan fingerprint density at radius 1 is 1.42 bits per heavy atom. The molecule has 2 rings (SSSR count). The van der Waals surface area contributed by atoms with Gasteiger partial charge < -0.3 is 14.9 Å². The minimum Gasteiger partial charge on any atom is -0.476 e. The SMILES string of the molecule is O=C(O)c1cc(CNCc2cc(F)ccc2Br)on1. The normalized spacial score (nSPS) is 10.6. The standard InChI is InChI=1S/C12H10BrFN2O3/c13-10-2-1-8(14)3-7(10)5-15-6-9-4-11(12(17)18)16-19-9/h1-4,15H,5-6H2,(H,17,18). The summed E-state index contributed by atoms with van der Waals surface area (Å²) in [5, 5.41) is 15.1. The van der Waals surface area contributed by atoms with Crippen LogP contribution in [0.1, 0.15) is 21.8 Å². The number of carbonyl (C=O) groups is 1. The maximum absolute atomic E-state index is 13.0. The van der Waals surface area contributed by atoms with E-state index in [1.54, 1.807) is 6.07 Å². The average Bonchev–Trinajstić information content (AvgIpc) is 2.82. The van der Waals surface area contributed by atoms with Crippen molar-refractivity contribution in [2.45, 2.75) is 13.1 Å². The number of hydrogen-bond donors (Lipinski definition) is 2. The molecular weight excluding hydrogens is 319 g/mol. The van der Waals surface area contributed by atoms with Gasteiger partial charge in [-0.2, -0.15) is 0 Å². The van der Waals surface area contributed by atoms with Crippen LogP contribution in [-0.4, -0.2) is 16.2 Å². The first-order chi connectivity index (χ1) is 9.06. The number of rotatable bonds is 5. The fourth-order valence-electron chi connectivity index (χ4n) is 1.50. The van der Waals surface area contributed by atoms with E-state index >= 15 is 0 Å². The molecule has 7 heteroatoms. The quantitative estimate of drug-likeness (QED) is 0.882. The summed E-state index contributed by atoms with van der Waals surface area (Å²) in [7, 11) is 0. The van der Waals surface area contributed by atoms with Crippen LogP contribution in [0.15, 0.2) is 33.3 Å². The molecule has 0 spiro atoms. The molecule has 0 fully saturated rings. The Kier molecular flexibility index (Phi) is 4.28. The van der Waals surface area contributed by atoms with E-state index in [9.17, 15) is 9.18 Å². The predicted octanol–water partition coefficient (Wildman–Crippen LogP) is 2.56. The van der Waals surface area contributed by atoms with E-state index in [0.717, 1.165) is 10.0 Å². The van der Waals surface area contributed by atoms with Crippen LogP contribution in [0.25, 0.3) is 0 Å². The number of aromatic carboxylic acids is 1. The topological polar surface area (TPSA) is 75.4 Å². The Labute approximate surface area is 116 Å². The van der Waals surface area contributed by atoms with Crippen molar-refractivity contribution in [2.75, 3.05) is 0 Å². The highest BCUT2D eigenvalue weighted by Gasteiger charge is 2.10. The van der Waals surface area contributed by atoms with Gasteiger partial charge in [0.15, 0.2) is 11.5 Å². The molecule has 1 aromatic heterocycles. The van der Waals surface area contributed by atoms with Gasteiger partial charge in [-0.3, -0.25) is 0 Å². The molecule has 19 heavy (non-hydrogen) atoms. The highest BCUT2D eigenvalue weighted by Crippen LogP contribution is 2.17. The van der Waals surface area contributed by atoms with Gasteiger partial charge in [-0.15, -0.1) is 0 Å². The highest BCUT2D eigenvalue weighted by molar-refractivity contribution is 9.10. The number of aromatic nitrogens is 1. The van der Waals surface area contributed by atoms with Crippen LogP contribution < -0.4 is 5.32 Å². The van der Waals surface area contributed by atoms with Crippen molar-refractivity contribution in [3.8, 4) is 0 Å². The third-order valence-electron chi connectivity index (χ3n) is 2.40. The summed E-state index contributed by atoms with van der Waals surface area (Å²) in [5.41, 5.74) is 0.627. The Bertz CT molecular complexity index is 600. The lowest BCUT2D eigenvalue weighted by Crippen LogP contribution is -2.12.